The molecule has 2 fully saturated rings. The first-order valence-electron chi connectivity index (χ1n) is 9.59. The monoisotopic (exact) mass is 354 g/mol. The zero-order valence-corrected chi connectivity index (χ0v) is 15.4. The van der Waals surface area contributed by atoms with Gasteiger partial charge in [-0.05, 0) is 38.4 Å². The minimum absolute atomic E-state index is 0.215. The van der Waals surface area contributed by atoms with E-state index in [4.69, 9.17) is 4.74 Å². The summed E-state index contributed by atoms with van der Waals surface area (Å²) in [5, 5.41) is 0. The SMILES string of the molecule is CN(Cc1ccccc1OCc1ccccc1F)C1CCN(C2CC2)C1. The lowest BCUT2D eigenvalue weighted by atomic mass is 10.1. The average Bonchev–Trinajstić information content (AvgIpc) is 3.39. The molecule has 0 N–H and O–H groups in total. The van der Waals surface area contributed by atoms with Crippen molar-refractivity contribution in [2.24, 2.45) is 0 Å². The van der Waals surface area contributed by atoms with E-state index in [1.54, 1.807) is 12.1 Å². The standard InChI is InChI=1S/C22H27FN2O/c1-24(20-12-13-25(15-20)19-10-11-19)14-17-6-3-5-9-22(17)26-16-18-7-2-4-8-21(18)23/h2-9,19-20H,10-16H2,1H3. The van der Waals surface area contributed by atoms with Crippen molar-refractivity contribution in [2.75, 3.05) is 20.1 Å². The molecule has 138 valence electrons. The Morgan fingerprint density at radius 2 is 1.77 bits per heavy atom. The van der Waals surface area contributed by atoms with E-state index in [0.29, 0.717) is 11.6 Å². The van der Waals surface area contributed by atoms with Crippen LogP contribution in [-0.2, 0) is 13.2 Å². The highest BCUT2D eigenvalue weighted by atomic mass is 19.1. The summed E-state index contributed by atoms with van der Waals surface area (Å²) in [6.07, 6.45) is 4.00. The second-order valence-corrected chi connectivity index (χ2v) is 7.57. The molecule has 0 amide bonds. The third-order valence-electron chi connectivity index (χ3n) is 5.61. The molecule has 0 spiro atoms. The Labute approximate surface area is 155 Å². The fraction of sp³-hybridized carbons (Fsp3) is 0.455. The molecule has 4 heteroatoms. The quantitative estimate of drug-likeness (QED) is 0.745. The van der Waals surface area contributed by atoms with E-state index in [1.165, 1.54) is 38.4 Å². The molecule has 1 aliphatic carbocycles. The summed E-state index contributed by atoms with van der Waals surface area (Å²) < 4.78 is 19.8. The van der Waals surface area contributed by atoms with E-state index >= 15 is 0 Å². The summed E-state index contributed by atoms with van der Waals surface area (Å²) in [4.78, 5) is 5.08. The Balaban J connectivity index is 1.38. The highest BCUT2D eigenvalue weighted by Crippen LogP contribution is 2.31. The molecule has 3 nitrogen and oxygen atoms in total. The zero-order chi connectivity index (χ0) is 17.9. The molecule has 4 rings (SSSR count). The highest BCUT2D eigenvalue weighted by molar-refractivity contribution is 5.33. The first kappa shape index (κ1) is 17.5. The molecule has 1 heterocycles. The largest absolute Gasteiger partial charge is 0.488 e. The minimum atomic E-state index is -0.215. The molecule has 2 aromatic carbocycles. The molecule has 1 atom stereocenters. The van der Waals surface area contributed by atoms with Gasteiger partial charge in [0.1, 0.15) is 18.2 Å². The topological polar surface area (TPSA) is 15.7 Å². The highest BCUT2D eigenvalue weighted by Gasteiger charge is 2.35. The second-order valence-electron chi connectivity index (χ2n) is 7.57. The summed E-state index contributed by atoms with van der Waals surface area (Å²) in [6.45, 7) is 3.52. The lowest BCUT2D eigenvalue weighted by molar-refractivity contribution is 0.217. The van der Waals surface area contributed by atoms with Crippen LogP contribution in [-0.4, -0.2) is 42.0 Å². The number of para-hydroxylation sites is 1. The molecule has 1 aliphatic heterocycles. The number of hydrogen-bond acceptors (Lipinski definition) is 3. The number of likely N-dealkylation sites (tertiary alicyclic amines) is 1. The van der Waals surface area contributed by atoms with Gasteiger partial charge in [0.15, 0.2) is 0 Å². The molecule has 1 unspecified atom stereocenters. The third-order valence-corrected chi connectivity index (χ3v) is 5.61. The predicted molar refractivity (Wildman–Crippen MR) is 102 cm³/mol. The van der Waals surface area contributed by atoms with Crippen LogP contribution in [0.5, 0.6) is 5.75 Å². The number of halogens is 1. The van der Waals surface area contributed by atoms with Crippen LogP contribution in [0.25, 0.3) is 0 Å². The van der Waals surface area contributed by atoms with Gasteiger partial charge in [-0.2, -0.15) is 0 Å². The first-order chi connectivity index (χ1) is 12.7. The van der Waals surface area contributed by atoms with Gasteiger partial charge in [-0.25, -0.2) is 4.39 Å². The van der Waals surface area contributed by atoms with Crippen molar-refractivity contribution in [2.45, 2.75) is 44.5 Å². The maximum atomic E-state index is 13.8. The number of likely N-dealkylation sites (N-methyl/N-ethyl adjacent to an activating group) is 1. The van der Waals surface area contributed by atoms with Crippen LogP contribution in [0, 0.1) is 5.82 Å². The number of nitrogens with zero attached hydrogens (tertiary/aromatic N) is 2. The molecular weight excluding hydrogens is 327 g/mol. The van der Waals surface area contributed by atoms with Crippen LogP contribution >= 0.6 is 0 Å². The molecule has 0 aromatic heterocycles. The van der Waals surface area contributed by atoms with Gasteiger partial charge < -0.3 is 4.74 Å². The van der Waals surface area contributed by atoms with Crippen LogP contribution < -0.4 is 4.74 Å². The molecular formula is C22H27FN2O. The van der Waals surface area contributed by atoms with E-state index in [2.05, 4.69) is 22.9 Å². The van der Waals surface area contributed by atoms with Crippen LogP contribution in [0.2, 0.25) is 0 Å². The van der Waals surface area contributed by atoms with Gasteiger partial charge in [0, 0.05) is 42.8 Å². The summed E-state index contributed by atoms with van der Waals surface area (Å²) in [5.41, 5.74) is 1.75. The Hall–Kier alpha value is -1.91. The fourth-order valence-corrected chi connectivity index (χ4v) is 3.84. The third kappa shape index (κ3) is 4.08. The summed E-state index contributed by atoms with van der Waals surface area (Å²) in [7, 11) is 2.20. The molecule has 0 radical (unpaired) electrons. The smallest absolute Gasteiger partial charge is 0.129 e. The number of rotatable bonds is 7. The van der Waals surface area contributed by atoms with Crippen LogP contribution in [0.15, 0.2) is 48.5 Å². The Bertz CT molecular complexity index is 746. The number of ether oxygens (including phenoxy) is 1. The minimum Gasteiger partial charge on any atom is -0.488 e. The van der Waals surface area contributed by atoms with Crippen molar-refractivity contribution in [1.29, 1.82) is 0 Å². The van der Waals surface area contributed by atoms with Crippen molar-refractivity contribution in [1.82, 2.24) is 9.80 Å². The van der Waals surface area contributed by atoms with Crippen LogP contribution in [0.4, 0.5) is 4.39 Å². The van der Waals surface area contributed by atoms with Crippen molar-refractivity contribution in [3.8, 4) is 5.75 Å². The molecule has 26 heavy (non-hydrogen) atoms. The van der Waals surface area contributed by atoms with E-state index in [1.807, 2.05) is 24.3 Å². The Kier molecular flexibility index (Phi) is 5.23. The van der Waals surface area contributed by atoms with Crippen molar-refractivity contribution >= 4 is 0 Å². The molecule has 2 aliphatic rings. The maximum Gasteiger partial charge on any atom is 0.129 e. The molecule has 0 bridgehead atoms. The van der Waals surface area contributed by atoms with Gasteiger partial charge in [0.05, 0.1) is 0 Å². The molecule has 1 saturated carbocycles. The van der Waals surface area contributed by atoms with Crippen molar-refractivity contribution < 1.29 is 9.13 Å². The van der Waals surface area contributed by atoms with Crippen molar-refractivity contribution in [3.05, 3.63) is 65.5 Å². The van der Waals surface area contributed by atoms with Gasteiger partial charge in [-0.15, -0.1) is 0 Å². The average molecular weight is 354 g/mol. The Morgan fingerprint density at radius 3 is 2.54 bits per heavy atom. The lowest BCUT2D eigenvalue weighted by Crippen LogP contribution is -2.34. The van der Waals surface area contributed by atoms with Gasteiger partial charge in [0.25, 0.3) is 0 Å². The predicted octanol–water partition coefficient (Wildman–Crippen LogP) is 4.07. The second kappa shape index (κ2) is 7.77. The number of hydrogen-bond donors (Lipinski definition) is 0. The van der Waals surface area contributed by atoms with Gasteiger partial charge in [0.2, 0.25) is 0 Å². The van der Waals surface area contributed by atoms with E-state index in [9.17, 15) is 4.39 Å². The normalized spacial score (nSPS) is 20.7. The summed E-state index contributed by atoms with van der Waals surface area (Å²) in [6, 6.07) is 16.4. The molecule has 2 aromatic rings. The van der Waals surface area contributed by atoms with Gasteiger partial charge in [-0.1, -0.05) is 36.4 Å². The van der Waals surface area contributed by atoms with Gasteiger partial charge >= 0.3 is 0 Å². The van der Waals surface area contributed by atoms with E-state index in [-0.39, 0.29) is 12.4 Å². The maximum absolute atomic E-state index is 13.8. The summed E-state index contributed by atoms with van der Waals surface area (Å²) >= 11 is 0. The van der Waals surface area contributed by atoms with Crippen molar-refractivity contribution in [3.63, 3.8) is 0 Å². The summed E-state index contributed by atoms with van der Waals surface area (Å²) in [5.74, 6) is 0.632. The van der Waals surface area contributed by atoms with Crippen LogP contribution in [0.3, 0.4) is 0 Å². The van der Waals surface area contributed by atoms with E-state index < -0.39 is 0 Å². The van der Waals surface area contributed by atoms with Crippen LogP contribution in [0.1, 0.15) is 30.4 Å². The number of benzene rings is 2. The molecule has 1 saturated heterocycles. The van der Waals surface area contributed by atoms with Gasteiger partial charge in [-0.3, -0.25) is 9.80 Å². The fourth-order valence-electron chi connectivity index (χ4n) is 3.84. The van der Waals surface area contributed by atoms with E-state index in [0.717, 1.165) is 23.9 Å². The zero-order valence-electron chi connectivity index (χ0n) is 15.4. The Morgan fingerprint density at radius 1 is 1.04 bits per heavy atom. The first-order valence-corrected chi connectivity index (χ1v) is 9.59. The lowest BCUT2D eigenvalue weighted by Gasteiger charge is -2.25.